The van der Waals surface area contributed by atoms with Gasteiger partial charge in [0.2, 0.25) is 5.95 Å². The predicted octanol–water partition coefficient (Wildman–Crippen LogP) is 7.88. The third-order valence-electron chi connectivity index (χ3n) is 7.59. The zero-order chi connectivity index (χ0) is 36.9. The van der Waals surface area contributed by atoms with Gasteiger partial charge in [0, 0.05) is 25.1 Å². The first-order chi connectivity index (χ1) is 23.4. The summed E-state index contributed by atoms with van der Waals surface area (Å²) in [5.74, 6) is -0.0388. The molecular weight excluding hydrogens is 672 g/mol. The Bertz CT molecular complexity index is 1760. The van der Waals surface area contributed by atoms with Crippen molar-refractivity contribution in [3.05, 3.63) is 94.8 Å². The Morgan fingerprint density at radius 2 is 1.42 bits per heavy atom. The number of benzene rings is 3. The summed E-state index contributed by atoms with van der Waals surface area (Å²) in [5.41, 5.74) is -2.30. The first kappa shape index (κ1) is 37.8. The number of aliphatic carboxylic acids is 1. The Morgan fingerprint density at radius 1 is 0.780 bits per heavy atom. The highest BCUT2D eigenvalue weighted by Crippen LogP contribution is 2.39. The van der Waals surface area contributed by atoms with E-state index in [9.17, 15) is 36.2 Å². The molecule has 15 heteroatoms. The van der Waals surface area contributed by atoms with Crippen molar-refractivity contribution in [3.63, 3.8) is 0 Å². The van der Waals surface area contributed by atoms with Crippen LogP contribution in [-0.4, -0.2) is 47.0 Å². The number of methoxy groups -OCH3 is 2. The number of hydrogen-bond acceptors (Lipinski definition) is 8. The first-order valence-corrected chi connectivity index (χ1v) is 15.2. The minimum Gasteiger partial charge on any atom is -0.497 e. The summed E-state index contributed by atoms with van der Waals surface area (Å²) in [5, 5.41) is 19.6. The SMILES string of the molecule is COc1ccc(-c2cc(C(C)(C)O)ccc2OC)c(CN(Cc2cc(C(F)(F)F)cc(C(F)(F)F)c2)c2ncc(OCCCC(=O)O)cn2)c1. The van der Waals surface area contributed by atoms with E-state index >= 15 is 0 Å². The lowest BCUT2D eigenvalue weighted by Gasteiger charge is -2.26. The third kappa shape index (κ3) is 9.77. The van der Waals surface area contributed by atoms with Crippen molar-refractivity contribution >= 4 is 11.9 Å². The van der Waals surface area contributed by atoms with Crippen LogP contribution in [0.4, 0.5) is 32.3 Å². The molecule has 50 heavy (non-hydrogen) atoms. The number of rotatable bonds is 14. The maximum absolute atomic E-state index is 13.8. The van der Waals surface area contributed by atoms with Gasteiger partial charge in [0.05, 0.1) is 49.9 Å². The van der Waals surface area contributed by atoms with Crippen LogP contribution in [0, 0.1) is 0 Å². The molecule has 4 rings (SSSR count). The molecule has 0 saturated heterocycles. The van der Waals surface area contributed by atoms with Crippen LogP contribution in [-0.2, 0) is 35.8 Å². The van der Waals surface area contributed by atoms with Crippen LogP contribution in [0.25, 0.3) is 11.1 Å². The predicted molar refractivity (Wildman–Crippen MR) is 171 cm³/mol. The lowest BCUT2D eigenvalue weighted by atomic mass is 9.91. The molecule has 3 aromatic carbocycles. The van der Waals surface area contributed by atoms with Crippen LogP contribution in [0.15, 0.2) is 67.0 Å². The van der Waals surface area contributed by atoms with E-state index < -0.39 is 41.6 Å². The van der Waals surface area contributed by atoms with Gasteiger partial charge in [-0.15, -0.1) is 0 Å². The molecule has 0 unspecified atom stereocenters. The van der Waals surface area contributed by atoms with E-state index in [-0.39, 0.29) is 49.3 Å². The summed E-state index contributed by atoms with van der Waals surface area (Å²) in [6.07, 6.45) is -7.50. The summed E-state index contributed by atoms with van der Waals surface area (Å²) in [7, 11) is 2.90. The van der Waals surface area contributed by atoms with Crippen molar-refractivity contribution in [3.8, 4) is 28.4 Å². The molecule has 1 aromatic heterocycles. The molecule has 0 saturated carbocycles. The van der Waals surface area contributed by atoms with E-state index in [0.717, 1.165) is 0 Å². The fourth-order valence-corrected chi connectivity index (χ4v) is 5.08. The highest BCUT2D eigenvalue weighted by molar-refractivity contribution is 5.75. The summed E-state index contributed by atoms with van der Waals surface area (Å²) in [6, 6.07) is 11.5. The molecule has 0 aliphatic carbocycles. The lowest BCUT2D eigenvalue weighted by molar-refractivity contribution is -0.143. The van der Waals surface area contributed by atoms with Crippen molar-refractivity contribution in [2.75, 3.05) is 25.7 Å². The number of aliphatic hydroxyl groups is 1. The second-order valence-electron chi connectivity index (χ2n) is 11.8. The number of anilines is 1. The number of carboxylic acid groups (broad SMARTS) is 1. The minimum atomic E-state index is -5.06. The normalized spacial score (nSPS) is 12.1. The minimum absolute atomic E-state index is 0.0435. The maximum Gasteiger partial charge on any atom is 0.416 e. The van der Waals surface area contributed by atoms with Gasteiger partial charge in [-0.05, 0) is 85.0 Å². The van der Waals surface area contributed by atoms with Crippen molar-refractivity contribution in [1.29, 1.82) is 0 Å². The Labute approximate surface area is 284 Å². The largest absolute Gasteiger partial charge is 0.497 e. The Morgan fingerprint density at radius 3 is 1.96 bits per heavy atom. The second kappa shape index (κ2) is 15.2. The number of carbonyl (C=O) groups is 1. The molecule has 4 aromatic rings. The van der Waals surface area contributed by atoms with Gasteiger partial charge in [-0.2, -0.15) is 26.3 Å². The van der Waals surface area contributed by atoms with Crippen molar-refractivity contribution in [1.82, 2.24) is 9.97 Å². The van der Waals surface area contributed by atoms with Gasteiger partial charge in [0.1, 0.15) is 11.5 Å². The van der Waals surface area contributed by atoms with Crippen LogP contribution >= 0.6 is 0 Å². The number of alkyl halides is 6. The molecule has 0 fully saturated rings. The zero-order valence-corrected chi connectivity index (χ0v) is 27.5. The van der Waals surface area contributed by atoms with Gasteiger partial charge in [-0.3, -0.25) is 4.79 Å². The third-order valence-corrected chi connectivity index (χ3v) is 7.59. The molecular formula is C35H35F6N3O6. The Kier molecular flexibility index (Phi) is 11.5. The maximum atomic E-state index is 13.8. The van der Waals surface area contributed by atoms with Gasteiger partial charge in [0.25, 0.3) is 0 Å². The molecule has 0 aliphatic heterocycles. The molecule has 0 aliphatic rings. The standard InChI is InChI=1S/C35H35F6N3O6/c1-33(2,47)23-7-10-30(49-4)29(16-23)28-9-8-26(48-3)14-22(28)20-44(32-42-17-27(18-43-32)50-11-5-6-31(45)46)19-21-12-24(34(36,37)38)15-25(13-21)35(39,40)41/h7-10,12-18,47H,5-6,11,19-20H2,1-4H3,(H,45,46). The zero-order valence-electron chi connectivity index (χ0n) is 27.5. The number of carboxylic acids is 1. The molecule has 1 heterocycles. The lowest BCUT2D eigenvalue weighted by Crippen LogP contribution is -2.25. The average Bonchev–Trinajstić information content (AvgIpc) is 3.05. The van der Waals surface area contributed by atoms with E-state index in [1.54, 1.807) is 50.2 Å². The number of halogens is 6. The van der Waals surface area contributed by atoms with E-state index in [0.29, 0.717) is 45.9 Å². The number of aromatic nitrogens is 2. The second-order valence-corrected chi connectivity index (χ2v) is 11.8. The smallest absolute Gasteiger partial charge is 0.416 e. The van der Waals surface area contributed by atoms with Crippen LogP contribution in [0.2, 0.25) is 0 Å². The van der Waals surface area contributed by atoms with E-state index in [1.165, 1.54) is 31.5 Å². The molecule has 0 atom stereocenters. The van der Waals surface area contributed by atoms with E-state index in [1.807, 2.05) is 0 Å². The molecule has 0 spiro atoms. The summed E-state index contributed by atoms with van der Waals surface area (Å²) >= 11 is 0. The molecule has 2 N–H and O–H groups in total. The monoisotopic (exact) mass is 707 g/mol. The van der Waals surface area contributed by atoms with E-state index in [2.05, 4.69) is 9.97 Å². The van der Waals surface area contributed by atoms with Crippen molar-refractivity contribution < 1.29 is 55.6 Å². The molecule has 0 bridgehead atoms. The van der Waals surface area contributed by atoms with Crippen LogP contribution in [0.5, 0.6) is 17.2 Å². The van der Waals surface area contributed by atoms with E-state index in [4.69, 9.17) is 19.3 Å². The van der Waals surface area contributed by atoms with Crippen molar-refractivity contribution in [2.45, 2.75) is 57.7 Å². The topological polar surface area (TPSA) is 114 Å². The quantitative estimate of drug-likeness (QED) is 0.0998. The van der Waals surface area contributed by atoms with Crippen LogP contribution in [0.3, 0.4) is 0 Å². The average molecular weight is 708 g/mol. The van der Waals surface area contributed by atoms with Crippen LogP contribution in [0.1, 0.15) is 54.5 Å². The summed E-state index contributed by atoms with van der Waals surface area (Å²) in [4.78, 5) is 20.8. The van der Waals surface area contributed by atoms with Gasteiger partial charge < -0.3 is 29.3 Å². The van der Waals surface area contributed by atoms with Gasteiger partial charge >= 0.3 is 18.3 Å². The van der Waals surface area contributed by atoms with Gasteiger partial charge in [-0.1, -0.05) is 12.1 Å². The molecule has 268 valence electrons. The van der Waals surface area contributed by atoms with Crippen molar-refractivity contribution in [2.24, 2.45) is 0 Å². The number of hydrogen-bond donors (Lipinski definition) is 2. The van der Waals surface area contributed by atoms with Gasteiger partial charge in [0.15, 0.2) is 5.75 Å². The highest BCUT2D eigenvalue weighted by atomic mass is 19.4. The van der Waals surface area contributed by atoms with Gasteiger partial charge in [-0.25, -0.2) is 9.97 Å². The van der Waals surface area contributed by atoms with Crippen LogP contribution < -0.4 is 19.1 Å². The summed E-state index contributed by atoms with van der Waals surface area (Å²) in [6.45, 7) is 2.64. The molecule has 0 radical (unpaired) electrons. The Hall–Kier alpha value is -5.05. The highest BCUT2D eigenvalue weighted by Gasteiger charge is 2.37. The number of ether oxygens (including phenoxy) is 3. The summed E-state index contributed by atoms with van der Waals surface area (Å²) < 4.78 is 99.2. The first-order valence-electron chi connectivity index (χ1n) is 15.2. The molecule has 0 amide bonds. The Balaban J connectivity index is 1.84. The fourth-order valence-electron chi connectivity index (χ4n) is 5.08. The number of nitrogens with zero attached hydrogens (tertiary/aromatic N) is 3. The molecule has 9 nitrogen and oxygen atoms in total. The fraction of sp³-hybridized carbons (Fsp3) is 0.343.